The molecule has 1 aliphatic heterocycles. The molecule has 3 N–H and O–H groups in total. The molecule has 0 bridgehead atoms. The van der Waals surface area contributed by atoms with Crippen molar-refractivity contribution in [1.29, 1.82) is 0 Å². The largest absolute Gasteiger partial charge is 0.353 e. The van der Waals surface area contributed by atoms with Crippen molar-refractivity contribution < 1.29 is 4.79 Å². The predicted octanol–water partition coefficient (Wildman–Crippen LogP) is 1.74. The topological polar surface area (TPSA) is 58.4 Å². The van der Waals surface area contributed by atoms with Gasteiger partial charge in [-0.2, -0.15) is 0 Å². The van der Waals surface area contributed by atoms with Crippen molar-refractivity contribution in [3.63, 3.8) is 0 Å². The molecule has 4 nitrogen and oxygen atoms in total. The first-order chi connectivity index (χ1) is 9.15. The maximum absolute atomic E-state index is 11.9. The van der Waals surface area contributed by atoms with Gasteiger partial charge in [-0.1, -0.05) is 26.2 Å². The predicted molar refractivity (Wildman–Crippen MR) is 80.0 cm³/mol. The molecule has 19 heavy (non-hydrogen) atoms. The number of unbranched alkanes of at least 4 members (excludes halogenated alkanes) is 2. The van der Waals surface area contributed by atoms with E-state index in [1.54, 1.807) is 0 Å². The van der Waals surface area contributed by atoms with E-state index in [0.717, 1.165) is 38.9 Å². The molecule has 1 heterocycles. The van der Waals surface area contributed by atoms with Gasteiger partial charge < -0.3 is 11.1 Å². The SMILES string of the molecule is CCCCCC(C)NC(=O)CN1CCC(CN)CC1. The lowest BCUT2D eigenvalue weighted by Gasteiger charge is -2.31. The minimum absolute atomic E-state index is 0.176. The van der Waals surface area contributed by atoms with Gasteiger partial charge in [0.2, 0.25) is 5.91 Å². The van der Waals surface area contributed by atoms with Crippen molar-refractivity contribution in [1.82, 2.24) is 10.2 Å². The Morgan fingerprint density at radius 3 is 2.63 bits per heavy atom. The summed E-state index contributed by atoms with van der Waals surface area (Å²) in [5.41, 5.74) is 5.68. The molecule has 1 unspecified atom stereocenters. The summed E-state index contributed by atoms with van der Waals surface area (Å²) < 4.78 is 0. The summed E-state index contributed by atoms with van der Waals surface area (Å²) in [7, 11) is 0. The molecular weight excluding hydrogens is 238 g/mol. The maximum atomic E-state index is 11.9. The van der Waals surface area contributed by atoms with Crippen LogP contribution in [0.4, 0.5) is 0 Å². The van der Waals surface area contributed by atoms with E-state index < -0.39 is 0 Å². The van der Waals surface area contributed by atoms with Crippen molar-refractivity contribution in [2.24, 2.45) is 11.7 Å². The van der Waals surface area contributed by atoms with Crippen LogP contribution >= 0.6 is 0 Å². The van der Waals surface area contributed by atoms with Crippen LogP contribution in [0.3, 0.4) is 0 Å². The quantitative estimate of drug-likeness (QED) is 0.660. The van der Waals surface area contributed by atoms with Crippen LogP contribution in [-0.4, -0.2) is 43.0 Å². The third kappa shape index (κ3) is 6.92. The Kier molecular flexibility index (Phi) is 8.07. The maximum Gasteiger partial charge on any atom is 0.234 e. The number of piperidine rings is 1. The first-order valence-corrected chi connectivity index (χ1v) is 7.87. The van der Waals surface area contributed by atoms with E-state index in [-0.39, 0.29) is 5.91 Å². The molecular formula is C15H31N3O. The highest BCUT2D eigenvalue weighted by molar-refractivity contribution is 5.78. The van der Waals surface area contributed by atoms with Gasteiger partial charge >= 0.3 is 0 Å². The molecule has 4 heteroatoms. The Bertz CT molecular complexity index is 250. The molecule has 0 saturated carbocycles. The zero-order chi connectivity index (χ0) is 14.1. The lowest BCUT2D eigenvalue weighted by molar-refractivity contribution is -0.123. The highest BCUT2D eigenvalue weighted by atomic mass is 16.2. The Hall–Kier alpha value is -0.610. The Balaban J connectivity index is 2.13. The van der Waals surface area contributed by atoms with Crippen LogP contribution in [-0.2, 0) is 4.79 Å². The molecule has 1 aliphatic rings. The lowest BCUT2D eigenvalue weighted by atomic mass is 9.97. The van der Waals surface area contributed by atoms with Gasteiger partial charge in [-0.05, 0) is 51.7 Å². The van der Waals surface area contributed by atoms with E-state index in [4.69, 9.17) is 5.73 Å². The number of amides is 1. The molecule has 0 aromatic carbocycles. The molecule has 1 atom stereocenters. The zero-order valence-corrected chi connectivity index (χ0v) is 12.7. The number of likely N-dealkylation sites (tertiary alicyclic amines) is 1. The number of rotatable bonds is 8. The number of nitrogens with zero attached hydrogens (tertiary/aromatic N) is 1. The second kappa shape index (κ2) is 9.32. The molecule has 1 fully saturated rings. The fourth-order valence-electron chi connectivity index (χ4n) is 2.68. The van der Waals surface area contributed by atoms with E-state index in [1.165, 1.54) is 19.3 Å². The number of hydrogen-bond donors (Lipinski definition) is 2. The number of carbonyl (C=O) groups is 1. The third-order valence-corrected chi connectivity index (χ3v) is 4.06. The summed E-state index contributed by atoms with van der Waals surface area (Å²) in [4.78, 5) is 14.2. The van der Waals surface area contributed by atoms with Gasteiger partial charge in [-0.25, -0.2) is 0 Å². The number of carbonyl (C=O) groups excluding carboxylic acids is 1. The average molecular weight is 269 g/mol. The lowest BCUT2D eigenvalue weighted by Crippen LogP contribution is -2.44. The Morgan fingerprint density at radius 1 is 1.37 bits per heavy atom. The van der Waals surface area contributed by atoms with E-state index in [1.807, 2.05) is 0 Å². The summed E-state index contributed by atoms with van der Waals surface area (Å²) in [6.07, 6.45) is 7.06. The number of nitrogens with two attached hydrogens (primary N) is 1. The van der Waals surface area contributed by atoms with Gasteiger partial charge in [0.25, 0.3) is 0 Å². The summed E-state index contributed by atoms with van der Waals surface area (Å²) in [6, 6.07) is 0.306. The molecule has 0 aromatic rings. The summed E-state index contributed by atoms with van der Waals surface area (Å²) in [5.74, 6) is 0.836. The number of hydrogen-bond acceptors (Lipinski definition) is 3. The van der Waals surface area contributed by atoms with Crippen LogP contribution in [0.1, 0.15) is 52.4 Å². The van der Waals surface area contributed by atoms with Gasteiger partial charge in [0.15, 0.2) is 0 Å². The molecule has 0 spiro atoms. The minimum atomic E-state index is 0.176. The van der Waals surface area contributed by atoms with E-state index in [0.29, 0.717) is 18.5 Å². The second-order valence-electron chi connectivity index (χ2n) is 5.92. The third-order valence-electron chi connectivity index (χ3n) is 4.06. The van der Waals surface area contributed by atoms with Gasteiger partial charge in [0.1, 0.15) is 0 Å². The molecule has 1 rings (SSSR count). The molecule has 0 aliphatic carbocycles. The summed E-state index contributed by atoms with van der Waals surface area (Å²) >= 11 is 0. The first kappa shape index (κ1) is 16.4. The smallest absolute Gasteiger partial charge is 0.234 e. The molecule has 0 radical (unpaired) electrons. The summed E-state index contributed by atoms with van der Waals surface area (Å²) in [5, 5.41) is 3.11. The van der Waals surface area contributed by atoms with E-state index in [2.05, 4.69) is 24.1 Å². The summed E-state index contributed by atoms with van der Waals surface area (Å²) in [6.45, 7) is 7.67. The number of nitrogens with one attached hydrogen (secondary N) is 1. The van der Waals surface area contributed by atoms with E-state index in [9.17, 15) is 4.79 Å². The monoisotopic (exact) mass is 269 g/mol. The van der Waals surface area contributed by atoms with Crippen molar-refractivity contribution in [3.8, 4) is 0 Å². The second-order valence-corrected chi connectivity index (χ2v) is 5.92. The van der Waals surface area contributed by atoms with Crippen LogP contribution < -0.4 is 11.1 Å². The Morgan fingerprint density at radius 2 is 2.05 bits per heavy atom. The van der Waals surface area contributed by atoms with Gasteiger partial charge in [0, 0.05) is 6.04 Å². The van der Waals surface area contributed by atoms with Crippen molar-refractivity contribution >= 4 is 5.91 Å². The van der Waals surface area contributed by atoms with Crippen LogP contribution in [0, 0.1) is 5.92 Å². The fourth-order valence-corrected chi connectivity index (χ4v) is 2.68. The highest BCUT2D eigenvalue weighted by Crippen LogP contribution is 2.15. The van der Waals surface area contributed by atoms with Crippen LogP contribution in [0.15, 0.2) is 0 Å². The molecule has 0 aromatic heterocycles. The van der Waals surface area contributed by atoms with Gasteiger partial charge in [-0.15, -0.1) is 0 Å². The van der Waals surface area contributed by atoms with Crippen LogP contribution in [0.25, 0.3) is 0 Å². The average Bonchev–Trinajstić information content (AvgIpc) is 2.39. The molecule has 1 saturated heterocycles. The zero-order valence-electron chi connectivity index (χ0n) is 12.7. The van der Waals surface area contributed by atoms with Crippen molar-refractivity contribution in [2.45, 2.75) is 58.4 Å². The molecule has 112 valence electrons. The van der Waals surface area contributed by atoms with E-state index >= 15 is 0 Å². The Labute approximate surface area is 118 Å². The van der Waals surface area contributed by atoms with Gasteiger partial charge in [-0.3, -0.25) is 9.69 Å². The van der Waals surface area contributed by atoms with Crippen LogP contribution in [0.5, 0.6) is 0 Å². The fraction of sp³-hybridized carbons (Fsp3) is 0.933. The standard InChI is InChI=1S/C15H31N3O/c1-3-4-5-6-13(2)17-15(19)12-18-9-7-14(11-16)8-10-18/h13-14H,3-12,16H2,1-2H3,(H,17,19). The van der Waals surface area contributed by atoms with Crippen molar-refractivity contribution in [3.05, 3.63) is 0 Å². The van der Waals surface area contributed by atoms with Gasteiger partial charge in [0.05, 0.1) is 6.54 Å². The normalized spacial score (nSPS) is 19.3. The molecule has 1 amide bonds. The van der Waals surface area contributed by atoms with Crippen molar-refractivity contribution in [2.75, 3.05) is 26.2 Å². The first-order valence-electron chi connectivity index (χ1n) is 7.87. The van der Waals surface area contributed by atoms with Crippen LogP contribution in [0.2, 0.25) is 0 Å². The highest BCUT2D eigenvalue weighted by Gasteiger charge is 2.20. The minimum Gasteiger partial charge on any atom is -0.353 e.